The van der Waals surface area contributed by atoms with Gasteiger partial charge >= 0.3 is 0 Å². The van der Waals surface area contributed by atoms with E-state index in [-0.39, 0.29) is 10.9 Å². The summed E-state index contributed by atoms with van der Waals surface area (Å²) in [5.41, 5.74) is 0. The first-order valence-electron chi connectivity index (χ1n) is 3.24. The molecule has 0 aliphatic rings. The number of aromatic hydroxyl groups is 1. The van der Waals surface area contributed by atoms with Crippen LogP contribution in [-0.4, -0.2) is 5.11 Å². The number of hydrogen-bond donors (Lipinski definition) is 1. The molecule has 1 nitrogen and oxygen atoms in total. The molecule has 2 aromatic rings. The van der Waals surface area contributed by atoms with E-state index in [4.69, 9.17) is 5.11 Å². The quantitative estimate of drug-likeness (QED) is 0.739. The van der Waals surface area contributed by atoms with Crippen molar-refractivity contribution < 1.29 is 9.50 Å². The van der Waals surface area contributed by atoms with Gasteiger partial charge in [-0.2, -0.15) is 0 Å². The lowest BCUT2D eigenvalue weighted by molar-refractivity contribution is 0.491. The summed E-state index contributed by atoms with van der Waals surface area (Å²) < 4.78 is 14.8. The van der Waals surface area contributed by atoms with Crippen LogP contribution in [0.25, 0.3) is 10.1 Å². The highest BCUT2D eigenvalue weighted by Crippen LogP contribution is 2.33. The Hall–Kier alpha value is -0.360. The molecule has 1 N–H and O–H groups in total. The lowest BCUT2D eigenvalue weighted by atomic mass is 10.2. The number of halogens is 2. The third-order valence-corrected chi connectivity index (χ3v) is 3.05. The number of thiophene rings is 1. The van der Waals surface area contributed by atoms with Gasteiger partial charge in [0.05, 0.1) is 0 Å². The minimum atomic E-state index is -0.270. The number of benzene rings is 1. The van der Waals surface area contributed by atoms with Crippen LogP contribution in [0, 0.1) is 9.39 Å². The summed E-state index contributed by atoms with van der Waals surface area (Å²) in [6.07, 6.45) is 0. The van der Waals surface area contributed by atoms with Gasteiger partial charge < -0.3 is 5.11 Å². The molecule has 0 bridgehead atoms. The van der Waals surface area contributed by atoms with Crippen molar-refractivity contribution in [2.75, 3.05) is 0 Å². The molecule has 0 aliphatic carbocycles. The first-order valence-corrected chi connectivity index (χ1v) is 5.14. The molecule has 0 spiro atoms. The van der Waals surface area contributed by atoms with Gasteiger partial charge in [0.25, 0.3) is 0 Å². The second-order valence-corrected chi connectivity index (χ2v) is 4.69. The SMILES string of the molecule is Oc1cc2c(F)cc(I)cc2s1. The molecule has 0 atom stereocenters. The maximum Gasteiger partial charge on any atom is 0.172 e. The molecule has 1 aromatic carbocycles. The minimum absolute atomic E-state index is 0.158. The van der Waals surface area contributed by atoms with Crippen molar-refractivity contribution >= 4 is 44.0 Å². The topological polar surface area (TPSA) is 20.2 Å². The molecule has 0 saturated carbocycles. The molecule has 4 heteroatoms. The Kier molecular flexibility index (Phi) is 1.96. The van der Waals surface area contributed by atoms with Crippen LogP contribution in [0.2, 0.25) is 0 Å². The second-order valence-electron chi connectivity index (χ2n) is 2.38. The van der Waals surface area contributed by atoms with E-state index in [1.807, 2.05) is 28.7 Å². The van der Waals surface area contributed by atoms with Crippen LogP contribution in [0.5, 0.6) is 5.06 Å². The molecule has 0 amide bonds. The van der Waals surface area contributed by atoms with Crippen molar-refractivity contribution in [3.05, 3.63) is 27.6 Å². The van der Waals surface area contributed by atoms with Crippen LogP contribution in [0.15, 0.2) is 18.2 Å². The average molecular weight is 294 g/mol. The highest BCUT2D eigenvalue weighted by atomic mass is 127. The molecule has 0 saturated heterocycles. The Labute approximate surface area is 86.0 Å². The van der Waals surface area contributed by atoms with Gasteiger partial charge in [0.2, 0.25) is 0 Å². The molecule has 1 aromatic heterocycles. The summed E-state index contributed by atoms with van der Waals surface area (Å²) in [5, 5.41) is 9.78. The maximum atomic E-state index is 13.2. The predicted molar refractivity (Wildman–Crippen MR) is 56.2 cm³/mol. The van der Waals surface area contributed by atoms with Gasteiger partial charge in [0.15, 0.2) is 5.06 Å². The van der Waals surface area contributed by atoms with Gasteiger partial charge in [-0.15, -0.1) is 0 Å². The van der Waals surface area contributed by atoms with Crippen molar-refractivity contribution in [3.63, 3.8) is 0 Å². The van der Waals surface area contributed by atoms with Crippen LogP contribution < -0.4 is 0 Å². The van der Waals surface area contributed by atoms with Gasteiger partial charge in [-0.3, -0.25) is 0 Å². The molecule has 0 radical (unpaired) electrons. The number of fused-ring (bicyclic) bond motifs is 1. The zero-order chi connectivity index (χ0) is 8.72. The number of rotatable bonds is 0. The Balaban J connectivity index is 2.88. The highest BCUT2D eigenvalue weighted by Gasteiger charge is 2.06. The largest absolute Gasteiger partial charge is 0.499 e. The third kappa shape index (κ3) is 1.29. The standard InChI is InChI=1S/C8H4FIOS/c9-6-1-4(10)2-7-5(6)3-8(11)12-7/h1-3,11H. The molecule has 2 rings (SSSR count). The van der Waals surface area contributed by atoms with E-state index in [1.54, 1.807) is 0 Å². The fourth-order valence-corrected chi connectivity index (χ4v) is 2.70. The summed E-state index contributed by atoms with van der Waals surface area (Å²) in [4.78, 5) is 0. The van der Waals surface area contributed by atoms with Crippen molar-refractivity contribution in [2.24, 2.45) is 0 Å². The summed E-state index contributed by atoms with van der Waals surface area (Å²) in [6.45, 7) is 0. The fraction of sp³-hybridized carbons (Fsp3) is 0. The fourth-order valence-electron chi connectivity index (χ4n) is 1.05. The van der Waals surface area contributed by atoms with Crippen molar-refractivity contribution in [1.29, 1.82) is 0 Å². The van der Waals surface area contributed by atoms with Crippen molar-refractivity contribution in [2.45, 2.75) is 0 Å². The van der Waals surface area contributed by atoms with Gasteiger partial charge in [-0.25, -0.2) is 4.39 Å². The monoisotopic (exact) mass is 294 g/mol. The van der Waals surface area contributed by atoms with Gasteiger partial charge in [-0.1, -0.05) is 11.3 Å². The number of hydrogen-bond acceptors (Lipinski definition) is 2. The van der Waals surface area contributed by atoms with Gasteiger partial charge in [0, 0.05) is 19.7 Å². The Morgan fingerprint density at radius 1 is 1.33 bits per heavy atom. The lowest BCUT2D eigenvalue weighted by Crippen LogP contribution is -1.76. The highest BCUT2D eigenvalue weighted by molar-refractivity contribution is 14.1. The van der Waals surface area contributed by atoms with E-state index in [2.05, 4.69) is 0 Å². The van der Waals surface area contributed by atoms with Crippen molar-refractivity contribution in [3.8, 4) is 5.06 Å². The van der Waals surface area contributed by atoms with E-state index in [0.29, 0.717) is 5.39 Å². The Morgan fingerprint density at radius 2 is 2.08 bits per heavy atom. The summed E-state index contributed by atoms with van der Waals surface area (Å²) in [5.74, 6) is -0.270. The van der Waals surface area contributed by atoms with E-state index in [0.717, 1.165) is 8.27 Å². The molecule has 0 aliphatic heterocycles. The maximum absolute atomic E-state index is 13.2. The minimum Gasteiger partial charge on any atom is -0.499 e. The molecule has 0 unspecified atom stereocenters. The summed E-state index contributed by atoms with van der Waals surface area (Å²) >= 11 is 3.24. The van der Waals surface area contributed by atoms with E-state index in [9.17, 15) is 4.39 Å². The van der Waals surface area contributed by atoms with E-state index in [1.165, 1.54) is 23.5 Å². The molecule has 0 fully saturated rings. The zero-order valence-corrected chi connectivity index (χ0v) is 8.82. The van der Waals surface area contributed by atoms with Crippen LogP contribution in [0.1, 0.15) is 0 Å². The lowest BCUT2D eigenvalue weighted by Gasteiger charge is -1.92. The molecular formula is C8H4FIOS. The van der Waals surface area contributed by atoms with Crippen LogP contribution in [0.3, 0.4) is 0 Å². The van der Waals surface area contributed by atoms with Gasteiger partial charge in [-0.05, 0) is 34.7 Å². The molecular weight excluding hydrogens is 290 g/mol. The Bertz CT molecular complexity index is 438. The summed E-state index contributed by atoms with van der Waals surface area (Å²) in [6, 6.07) is 4.75. The molecule has 12 heavy (non-hydrogen) atoms. The average Bonchev–Trinajstić information content (AvgIpc) is 2.29. The zero-order valence-electron chi connectivity index (χ0n) is 5.84. The molecule has 1 heterocycles. The normalized spacial score (nSPS) is 10.8. The van der Waals surface area contributed by atoms with Crippen LogP contribution in [-0.2, 0) is 0 Å². The molecule has 62 valence electrons. The van der Waals surface area contributed by atoms with Gasteiger partial charge in [0.1, 0.15) is 5.82 Å². The van der Waals surface area contributed by atoms with Crippen LogP contribution >= 0.6 is 33.9 Å². The van der Waals surface area contributed by atoms with Crippen molar-refractivity contribution in [1.82, 2.24) is 0 Å². The predicted octanol–water partition coefficient (Wildman–Crippen LogP) is 3.35. The summed E-state index contributed by atoms with van der Waals surface area (Å²) in [7, 11) is 0. The van der Waals surface area contributed by atoms with Crippen LogP contribution in [0.4, 0.5) is 4.39 Å². The smallest absolute Gasteiger partial charge is 0.172 e. The second kappa shape index (κ2) is 2.85. The first kappa shape index (κ1) is 8.25. The first-order chi connectivity index (χ1) is 5.66. The van der Waals surface area contributed by atoms with E-state index < -0.39 is 0 Å². The van der Waals surface area contributed by atoms with E-state index >= 15 is 0 Å². The Morgan fingerprint density at radius 3 is 2.83 bits per heavy atom. The third-order valence-electron chi connectivity index (χ3n) is 1.54.